The van der Waals surface area contributed by atoms with Gasteiger partial charge in [-0.15, -0.1) is 0 Å². The molecule has 0 radical (unpaired) electrons. The Hall–Kier alpha value is -1.94. The summed E-state index contributed by atoms with van der Waals surface area (Å²) in [5.41, 5.74) is 2.48. The van der Waals surface area contributed by atoms with Crippen molar-refractivity contribution in [1.82, 2.24) is 15.0 Å². The summed E-state index contributed by atoms with van der Waals surface area (Å²) in [7, 11) is 0. The van der Waals surface area contributed by atoms with Gasteiger partial charge in [-0.3, -0.25) is 0 Å². The Morgan fingerprint density at radius 2 is 1.92 bits per heavy atom. The standard InChI is InChI=1S/C21H21N3SSe/c1-2-3-12-19-21(26-20-13-7-14-25-20)24(23-22-19)15-17-10-6-9-16-8-4-5-11-18(16)17/h4-11,13-14H,2-3,12,15H2,1H3. The molecule has 2 aromatic carbocycles. The fraction of sp³-hybridized carbons (Fsp3) is 0.238. The molecule has 0 aliphatic rings. The van der Waals surface area contributed by atoms with Gasteiger partial charge in [-0.25, -0.2) is 0 Å². The van der Waals surface area contributed by atoms with Gasteiger partial charge in [0, 0.05) is 0 Å². The Kier molecular flexibility index (Phi) is 5.49. The topological polar surface area (TPSA) is 30.7 Å². The Morgan fingerprint density at radius 1 is 1.04 bits per heavy atom. The van der Waals surface area contributed by atoms with Crippen LogP contribution in [0.1, 0.15) is 31.0 Å². The normalized spacial score (nSPS) is 11.3. The number of benzene rings is 2. The van der Waals surface area contributed by atoms with Gasteiger partial charge in [-0.2, -0.15) is 0 Å². The first kappa shape index (κ1) is 17.5. The predicted octanol–water partition coefficient (Wildman–Crippen LogP) is 3.54. The number of unbranched alkanes of at least 4 members (excludes halogenated alkanes) is 1. The van der Waals surface area contributed by atoms with E-state index in [9.17, 15) is 0 Å². The Morgan fingerprint density at radius 3 is 2.77 bits per heavy atom. The van der Waals surface area contributed by atoms with E-state index < -0.39 is 0 Å². The minimum absolute atomic E-state index is 0.255. The van der Waals surface area contributed by atoms with Crippen LogP contribution >= 0.6 is 11.3 Å². The van der Waals surface area contributed by atoms with Gasteiger partial charge < -0.3 is 0 Å². The molecule has 4 aromatic rings. The summed E-state index contributed by atoms with van der Waals surface area (Å²) < 4.78 is 4.88. The monoisotopic (exact) mass is 427 g/mol. The first-order valence-electron chi connectivity index (χ1n) is 8.95. The number of nitrogens with zero attached hydrogens (tertiary/aromatic N) is 3. The molecule has 0 saturated carbocycles. The van der Waals surface area contributed by atoms with Crippen molar-refractivity contribution in [2.24, 2.45) is 0 Å². The average molecular weight is 426 g/mol. The minimum atomic E-state index is 0.255. The van der Waals surface area contributed by atoms with Gasteiger partial charge in [-0.1, -0.05) is 0 Å². The van der Waals surface area contributed by atoms with Crippen LogP contribution in [0.15, 0.2) is 60.0 Å². The second kappa shape index (κ2) is 8.17. The second-order valence-electron chi connectivity index (χ2n) is 6.27. The van der Waals surface area contributed by atoms with Gasteiger partial charge in [0.05, 0.1) is 0 Å². The summed E-state index contributed by atoms with van der Waals surface area (Å²) in [6.07, 6.45) is 3.37. The Labute approximate surface area is 164 Å². The summed E-state index contributed by atoms with van der Waals surface area (Å²) in [5.74, 6) is 0. The summed E-state index contributed by atoms with van der Waals surface area (Å²) >= 11 is 2.09. The fourth-order valence-electron chi connectivity index (χ4n) is 3.07. The first-order valence-corrected chi connectivity index (χ1v) is 11.5. The summed E-state index contributed by atoms with van der Waals surface area (Å²) in [6.45, 7) is 3.01. The van der Waals surface area contributed by atoms with Gasteiger partial charge in [0.1, 0.15) is 0 Å². The maximum atomic E-state index is 4.54. The third kappa shape index (κ3) is 3.75. The van der Waals surface area contributed by atoms with Crippen LogP contribution in [0.3, 0.4) is 0 Å². The molecule has 5 heteroatoms. The number of aromatic nitrogens is 3. The van der Waals surface area contributed by atoms with Crippen LogP contribution in [0.4, 0.5) is 0 Å². The van der Waals surface area contributed by atoms with Crippen LogP contribution in [0.5, 0.6) is 0 Å². The van der Waals surface area contributed by atoms with E-state index in [1.807, 2.05) is 11.3 Å². The van der Waals surface area contributed by atoms with Crippen molar-refractivity contribution in [1.29, 1.82) is 0 Å². The number of fused-ring (bicyclic) bond motifs is 1. The molecule has 132 valence electrons. The molecular weight excluding hydrogens is 405 g/mol. The van der Waals surface area contributed by atoms with Crippen LogP contribution in [-0.2, 0) is 13.0 Å². The van der Waals surface area contributed by atoms with Gasteiger partial charge >= 0.3 is 164 Å². The molecule has 0 N–H and O–H groups in total. The van der Waals surface area contributed by atoms with E-state index >= 15 is 0 Å². The van der Waals surface area contributed by atoms with Crippen molar-refractivity contribution in [3.8, 4) is 0 Å². The molecular formula is C21H21N3SSe. The van der Waals surface area contributed by atoms with Crippen molar-refractivity contribution in [3.63, 3.8) is 0 Å². The fourth-order valence-corrected chi connectivity index (χ4v) is 6.31. The number of aryl methyl sites for hydroxylation is 1. The van der Waals surface area contributed by atoms with E-state index in [2.05, 4.69) is 81.9 Å². The van der Waals surface area contributed by atoms with Crippen molar-refractivity contribution < 1.29 is 0 Å². The zero-order valence-electron chi connectivity index (χ0n) is 14.8. The van der Waals surface area contributed by atoms with Gasteiger partial charge in [0.15, 0.2) is 0 Å². The third-order valence-corrected chi connectivity index (χ3v) is 8.16. The molecule has 0 saturated heterocycles. The van der Waals surface area contributed by atoms with Crippen molar-refractivity contribution in [3.05, 3.63) is 71.2 Å². The molecule has 26 heavy (non-hydrogen) atoms. The van der Waals surface area contributed by atoms with E-state index in [-0.39, 0.29) is 15.0 Å². The quantitative estimate of drug-likeness (QED) is 0.424. The molecule has 2 heterocycles. The van der Waals surface area contributed by atoms with E-state index in [1.54, 1.807) is 0 Å². The molecule has 0 aliphatic carbocycles. The SMILES string of the molecule is CCCCc1nnn(Cc2cccc3ccccc23)c1[Se]c1cccs1. The average Bonchev–Trinajstić information content (AvgIpc) is 3.32. The molecule has 0 aliphatic heterocycles. The molecule has 3 nitrogen and oxygen atoms in total. The second-order valence-corrected chi connectivity index (χ2v) is 9.97. The maximum absolute atomic E-state index is 4.54. The van der Waals surface area contributed by atoms with Crippen molar-refractivity contribution in [2.45, 2.75) is 32.7 Å². The van der Waals surface area contributed by atoms with E-state index in [1.165, 1.54) is 43.2 Å². The van der Waals surface area contributed by atoms with Gasteiger partial charge in [0.25, 0.3) is 0 Å². The van der Waals surface area contributed by atoms with Crippen LogP contribution in [-0.4, -0.2) is 30.0 Å². The van der Waals surface area contributed by atoms with Crippen LogP contribution < -0.4 is 8.37 Å². The van der Waals surface area contributed by atoms with Crippen molar-refractivity contribution >= 4 is 45.4 Å². The number of rotatable bonds is 7. The van der Waals surface area contributed by atoms with Crippen molar-refractivity contribution in [2.75, 3.05) is 0 Å². The molecule has 4 rings (SSSR count). The van der Waals surface area contributed by atoms with Gasteiger partial charge in [-0.05, 0) is 0 Å². The zero-order valence-corrected chi connectivity index (χ0v) is 17.3. The van der Waals surface area contributed by atoms with E-state index in [0.717, 1.165) is 13.0 Å². The summed E-state index contributed by atoms with van der Waals surface area (Å²) in [4.78, 5) is 0. The molecule has 0 amide bonds. The third-order valence-electron chi connectivity index (χ3n) is 4.41. The van der Waals surface area contributed by atoms with E-state index in [4.69, 9.17) is 0 Å². The summed E-state index contributed by atoms with van der Waals surface area (Å²) in [5, 5.41) is 13.8. The summed E-state index contributed by atoms with van der Waals surface area (Å²) in [6, 6.07) is 19.4. The van der Waals surface area contributed by atoms with Gasteiger partial charge in [0.2, 0.25) is 0 Å². The van der Waals surface area contributed by atoms with E-state index in [0.29, 0.717) is 0 Å². The molecule has 0 unspecified atom stereocenters. The Balaban J connectivity index is 1.70. The van der Waals surface area contributed by atoms with Crippen LogP contribution in [0.25, 0.3) is 10.8 Å². The molecule has 0 atom stereocenters. The predicted molar refractivity (Wildman–Crippen MR) is 111 cm³/mol. The van der Waals surface area contributed by atoms with Crippen LogP contribution in [0.2, 0.25) is 0 Å². The number of thiophene rings is 1. The number of hydrogen-bond acceptors (Lipinski definition) is 3. The molecule has 0 spiro atoms. The first-order chi connectivity index (χ1) is 12.8. The molecule has 0 fully saturated rings. The van der Waals surface area contributed by atoms with Crippen LogP contribution in [0, 0.1) is 0 Å². The molecule has 2 aromatic heterocycles. The molecule has 0 bridgehead atoms. The zero-order chi connectivity index (χ0) is 17.8. The number of hydrogen-bond donors (Lipinski definition) is 0. The Bertz CT molecular complexity index is 986.